The Morgan fingerprint density at radius 2 is 1.73 bits per heavy atom. The van der Waals surface area contributed by atoms with Gasteiger partial charge in [-0.2, -0.15) is 0 Å². The van der Waals surface area contributed by atoms with Crippen LogP contribution in [0.25, 0.3) is 0 Å². The van der Waals surface area contributed by atoms with E-state index in [0.29, 0.717) is 35.9 Å². The van der Waals surface area contributed by atoms with Crippen molar-refractivity contribution in [1.82, 2.24) is 4.90 Å². The lowest BCUT2D eigenvalue weighted by molar-refractivity contribution is -0.134. The van der Waals surface area contributed by atoms with Crippen LogP contribution in [-0.2, 0) is 9.59 Å². The van der Waals surface area contributed by atoms with Crippen LogP contribution in [0.3, 0.4) is 0 Å². The van der Waals surface area contributed by atoms with E-state index < -0.39 is 5.97 Å². The second-order valence-electron chi connectivity index (χ2n) is 14.1. The fourth-order valence-corrected chi connectivity index (χ4v) is 7.05. The monoisotopic (exact) mass is 710 g/mol. The topological polar surface area (TPSA) is 97.7 Å². The van der Waals surface area contributed by atoms with Gasteiger partial charge in [0.05, 0.1) is 13.7 Å². The minimum atomic E-state index is -0.833. The number of rotatable bonds is 12. The summed E-state index contributed by atoms with van der Waals surface area (Å²) in [5.41, 5.74) is 5.68. The highest BCUT2D eigenvalue weighted by Crippen LogP contribution is 2.45. The number of hydrogen-bond acceptors (Lipinski definition) is 7. The number of ketones is 1. The number of allylic oxidation sites excluding steroid dienone is 1. The molecule has 0 amide bonds. The number of benzene rings is 2. The van der Waals surface area contributed by atoms with Crippen LogP contribution < -0.4 is 14.2 Å². The highest BCUT2D eigenvalue weighted by molar-refractivity contribution is 5.91. The van der Waals surface area contributed by atoms with Gasteiger partial charge in [-0.25, -0.2) is 4.39 Å². The molecule has 2 aromatic carbocycles. The number of carboxylic acid groups (broad SMARTS) is 1. The summed E-state index contributed by atoms with van der Waals surface area (Å²) in [5, 5.41) is 7.42. The molecule has 1 fully saturated rings. The number of hydrogen-bond donors (Lipinski definition) is 1. The van der Waals surface area contributed by atoms with E-state index >= 15 is 0 Å². The van der Waals surface area contributed by atoms with Crippen LogP contribution >= 0.6 is 0 Å². The summed E-state index contributed by atoms with van der Waals surface area (Å²) in [6.45, 7) is 19.3. The summed E-state index contributed by atoms with van der Waals surface area (Å²) < 4.78 is 29.2. The van der Waals surface area contributed by atoms with E-state index in [-0.39, 0.29) is 18.4 Å². The summed E-state index contributed by atoms with van der Waals surface area (Å²) >= 11 is 0. The van der Waals surface area contributed by atoms with Crippen molar-refractivity contribution in [1.29, 1.82) is 0 Å². The number of nitrogens with zero attached hydrogens (tertiary/aromatic N) is 2. The number of ether oxygens (including phenoxy) is 3. The molecule has 9 heteroatoms. The van der Waals surface area contributed by atoms with Crippen molar-refractivity contribution in [2.45, 2.75) is 126 Å². The molecule has 3 heterocycles. The molecule has 284 valence electrons. The first-order chi connectivity index (χ1) is 24.2. The summed E-state index contributed by atoms with van der Waals surface area (Å²) in [6, 6.07) is 9.60. The average molecular weight is 711 g/mol. The Labute approximate surface area is 306 Å². The number of aliphatic imine (C=N–C) groups is 1. The molecule has 1 saturated heterocycles. The Morgan fingerprint density at radius 3 is 2.27 bits per heavy atom. The first kappa shape index (κ1) is 43.4. The van der Waals surface area contributed by atoms with Crippen LogP contribution in [0.2, 0.25) is 0 Å². The van der Waals surface area contributed by atoms with Gasteiger partial charge in [0, 0.05) is 37.3 Å². The first-order valence-electron chi connectivity index (χ1n) is 18.6. The maximum absolute atomic E-state index is 12.5. The smallest absolute Gasteiger partial charge is 0.300 e. The van der Waals surface area contributed by atoms with E-state index in [9.17, 15) is 9.18 Å². The number of methoxy groups -OCH3 is 1. The SMILES string of the molecule is CC(=O)O.CCC1C(C)=CN=C1CCC1CC(c2cc(OC)c3c(c2)OCO3)CN1CC(C)=O.CCCC(C)CCC.Cc1ccc(F)c(C)c1. The number of fused-ring (bicyclic) bond motifs is 1. The molecule has 8 nitrogen and oxygen atoms in total. The third kappa shape index (κ3) is 14.4. The Kier molecular flexibility index (Phi) is 19.0. The molecule has 0 bridgehead atoms. The van der Waals surface area contributed by atoms with Crippen LogP contribution in [-0.4, -0.2) is 60.5 Å². The molecule has 3 aliphatic heterocycles. The van der Waals surface area contributed by atoms with Crippen molar-refractivity contribution < 1.29 is 33.3 Å². The van der Waals surface area contributed by atoms with Crippen LogP contribution in [0.1, 0.15) is 122 Å². The normalized spacial score (nSPS) is 18.8. The van der Waals surface area contributed by atoms with Gasteiger partial charge in [0.15, 0.2) is 11.5 Å². The minimum Gasteiger partial charge on any atom is -0.493 e. The molecule has 3 atom stereocenters. The molecule has 51 heavy (non-hydrogen) atoms. The van der Waals surface area contributed by atoms with Crippen molar-refractivity contribution >= 4 is 17.5 Å². The molecule has 1 N–H and O–H groups in total. The van der Waals surface area contributed by atoms with Crippen molar-refractivity contribution in [3.63, 3.8) is 0 Å². The summed E-state index contributed by atoms with van der Waals surface area (Å²) in [4.78, 5) is 27.9. The third-order valence-corrected chi connectivity index (χ3v) is 9.51. The highest BCUT2D eigenvalue weighted by Gasteiger charge is 2.35. The van der Waals surface area contributed by atoms with Gasteiger partial charge in [0.25, 0.3) is 5.97 Å². The quantitative estimate of drug-likeness (QED) is 0.234. The predicted molar refractivity (Wildman–Crippen MR) is 205 cm³/mol. The van der Waals surface area contributed by atoms with Crippen LogP contribution in [0.5, 0.6) is 17.2 Å². The second-order valence-corrected chi connectivity index (χ2v) is 14.1. The number of aliphatic carboxylic acids is 1. The maximum Gasteiger partial charge on any atom is 0.300 e. The van der Waals surface area contributed by atoms with Crippen molar-refractivity contribution in [3.05, 3.63) is 64.6 Å². The van der Waals surface area contributed by atoms with Gasteiger partial charge < -0.3 is 19.3 Å². The molecule has 0 radical (unpaired) electrons. The minimum absolute atomic E-state index is 0.124. The molecule has 0 aromatic heterocycles. The summed E-state index contributed by atoms with van der Waals surface area (Å²) in [5.74, 6) is 3.19. The first-order valence-corrected chi connectivity index (χ1v) is 18.6. The second kappa shape index (κ2) is 22.3. The van der Waals surface area contributed by atoms with E-state index in [1.54, 1.807) is 27.0 Å². The van der Waals surface area contributed by atoms with Gasteiger partial charge in [0.2, 0.25) is 12.5 Å². The molecule has 3 aliphatic rings. The average Bonchev–Trinajstić information content (AvgIpc) is 3.80. The van der Waals surface area contributed by atoms with Crippen LogP contribution in [0, 0.1) is 31.5 Å². The van der Waals surface area contributed by atoms with Crippen molar-refractivity contribution in [2.75, 3.05) is 27.0 Å². The number of Topliss-reactive ketones (excluding diaryl/α,β-unsaturated/α-hetero) is 1. The lowest BCUT2D eigenvalue weighted by atomic mass is 9.89. The molecule has 3 unspecified atom stereocenters. The molecule has 0 saturated carbocycles. The standard InChI is InChI=1S/C24H32N2O4.C8H9F.C8H18.C2H4O2/c1-5-20-15(2)11-25-21(20)7-6-19-8-18(13-26(19)12-16(3)27)17-9-22(28-4)24-23(10-17)29-14-30-24;1-6-3-4-8(9)7(2)5-6;1-4-6-8(3)7-5-2;1-2(3)4/h9-11,18-20H,5-8,12-14H2,1-4H3;3-5H,1-2H3;8H,4-7H2,1-3H3;1H3,(H,3,4). The molecule has 5 rings (SSSR count). The number of carbonyl (C=O) groups excluding carboxylic acids is 1. The Bertz CT molecular complexity index is 1460. The van der Waals surface area contributed by atoms with Crippen molar-refractivity contribution in [2.24, 2.45) is 16.8 Å². The fraction of sp³-hybridized carbons (Fsp3) is 0.595. The van der Waals surface area contributed by atoms with Gasteiger partial charge >= 0.3 is 0 Å². The Hall–Kier alpha value is -3.72. The number of likely N-dealkylation sites (tertiary alicyclic amines) is 1. The third-order valence-electron chi connectivity index (χ3n) is 9.51. The van der Waals surface area contributed by atoms with E-state index in [4.69, 9.17) is 24.1 Å². The predicted octanol–water partition coefficient (Wildman–Crippen LogP) is 10.1. The van der Waals surface area contributed by atoms with Crippen LogP contribution in [0.15, 0.2) is 47.1 Å². The van der Waals surface area contributed by atoms with Gasteiger partial charge in [-0.05, 0) is 100 Å². The summed E-state index contributed by atoms with van der Waals surface area (Å²) in [7, 11) is 1.66. The van der Waals surface area contributed by atoms with E-state index in [1.165, 1.54) is 48.6 Å². The highest BCUT2D eigenvalue weighted by atomic mass is 19.1. The zero-order valence-corrected chi connectivity index (χ0v) is 32.8. The molecule has 0 spiro atoms. The van der Waals surface area contributed by atoms with Gasteiger partial charge in [0.1, 0.15) is 11.6 Å². The van der Waals surface area contributed by atoms with Crippen molar-refractivity contribution in [3.8, 4) is 17.2 Å². The molecule has 0 aliphatic carbocycles. The number of carboxylic acids is 1. The zero-order valence-electron chi connectivity index (χ0n) is 32.8. The summed E-state index contributed by atoms with van der Waals surface area (Å²) in [6.07, 6.45) is 11.7. The Morgan fingerprint density at radius 1 is 1.06 bits per heavy atom. The molecule has 2 aromatic rings. The number of halogens is 1. The number of carbonyl (C=O) groups is 2. The lowest BCUT2D eigenvalue weighted by Crippen LogP contribution is -2.34. The molecular weight excluding hydrogens is 647 g/mol. The van der Waals surface area contributed by atoms with Gasteiger partial charge in [-0.3, -0.25) is 19.5 Å². The largest absolute Gasteiger partial charge is 0.493 e. The van der Waals surface area contributed by atoms with Gasteiger partial charge in [-0.1, -0.05) is 71.1 Å². The van der Waals surface area contributed by atoms with E-state index in [2.05, 4.69) is 56.6 Å². The maximum atomic E-state index is 12.5. The van der Waals surface area contributed by atoms with Crippen LogP contribution in [0.4, 0.5) is 4.39 Å². The zero-order chi connectivity index (χ0) is 38.1. The molecular formula is C42H63FN2O6. The Balaban J connectivity index is 0.000000349. The van der Waals surface area contributed by atoms with E-state index in [1.807, 2.05) is 19.2 Å². The number of aryl methyl sites for hydroxylation is 2. The van der Waals surface area contributed by atoms with Gasteiger partial charge in [-0.15, -0.1) is 0 Å². The lowest BCUT2D eigenvalue weighted by Gasteiger charge is -2.24. The fourth-order valence-electron chi connectivity index (χ4n) is 7.05. The van der Waals surface area contributed by atoms with E-state index in [0.717, 1.165) is 61.9 Å².